The molecule has 0 spiro atoms. The third-order valence-corrected chi connectivity index (χ3v) is 3.98. The van der Waals surface area contributed by atoms with Crippen LogP contribution in [0.5, 0.6) is 5.75 Å². The first-order valence-corrected chi connectivity index (χ1v) is 6.40. The molecule has 96 valence electrons. The summed E-state index contributed by atoms with van der Waals surface area (Å²) in [6.07, 6.45) is 0. The Hall–Kier alpha value is 0.430. The molecule has 1 aromatic carbocycles. The zero-order chi connectivity index (χ0) is 13.4. The van der Waals surface area contributed by atoms with Gasteiger partial charge < -0.3 is 9.84 Å². The van der Waals surface area contributed by atoms with Gasteiger partial charge in [-0.1, -0.05) is 58.0 Å². The number of hydrogen-bond donors (Lipinski definition) is 1. The van der Waals surface area contributed by atoms with Crippen LogP contribution in [0.15, 0.2) is 0 Å². The fourth-order valence-corrected chi connectivity index (χ4v) is 2.19. The van der Waals surface area contributed by atoms with Crippen LogP contribution in [-0.2, 0) is 0 Å². The Morgan fingerprint density at radius 2 is 1.24 bits per heavy atom. The minimum atomic E-state index is -1.04. The Labute approximate surface area is 124 Å². The summed E-state index contributed by atoms with van der Waals surface area (Å²) in [5.74, 6) is 0.106. The van der Waals surface area contributed by atoms with Crippen LogP contribution in [0.25, 0.3) is 0 Å². The van der Waals surface area contributed by atoms with Crippen molar-refractivity contribution in [2.45, 2.75) is 19.4 Å². The van der Waals surface area contributed by atoms with E-state index in [1.165, 1.54) is 0 Å². The summed E-state index contributed by atoms with van der Waals surface area (Å²) in [4.78, 5) is 0. The Morgan fingerprint density at radius 1 is 0.882 bits per heavy atom. The zero-order valence-electron chi connectivity index (χ0n) is 8.95. The normalized spacial score (nSPS) is 11.8. The Kier molecular flexibility index (Phi) is 5.10. The maximum atomic E-state index is 9.55. The molecule has 0 amide bonds. The van der Waals surface area contributed by atoms with Crippen molar-refractivity contribution >= 4 is 58.0 Å². The molecule has 2 nitrogen and oxygen atoms in total. The Bertz CT molecular complexity index is 410. The molecule has 0 aliphatic rings. The molecule has 0 saturated heterocycles. The molecular weight excluding hydrogens is 329 g/mol. The van der Waals surface area contributed by atoms with E-state index in [9.17, 15) is 5.11 Å². The van der Waals surface area contributed by atoms with E-state index in [2.05, 4.69) is 0 Å². The molecule has 0 radical (unpaired) electrons. The molecular formula is C10H9Cl5O2. The monoisotopic (exact) mass is 336 g/mol. The van der Waals surface area contributed by atoms with Crippen LogP contribution in [0, 0.1) is 0 Å². The maximum absolute atomic E-state index is 9.55. The van der Waals surface area contributed by atoms with Gasteiger partial charge in [-0.15, -0.1) is 0 Å². The molecule has 1 rings (SSSR count). The maximum Gasteiger partial charge on any atom is 0.159 e. The molecule has 0 bridgehead atoms. The van der Waals surface area contributed by atoms with Crippen molar-refractivity contribution < 1.29 is 9.84 Å². The first-order valence-electron chi connectivity index (χ1n) is 4.51. The lowest BCUT2D eigenvalue weighted by Gasteiger charge is -2.20. The summed E-state index contributed by atoms with van der Waals surface area (Å²) in [5, 5.41) is 9.88. The molecule has 17 heavy (non-hydrogen) atoms. The number of hydrogen-bond acceptors (Lipinski definition) is 2. The van der Waals surface area contributed by atoms with E-state index in [4.69, 9.17) is 62.7 Å². The van der Waals surface area contributed by atoms with Gasteiger partial charge >= 0.3 is 0 Å². The smallest absolute Gasteiger partial charge is 0.159 e. The molecule has 0 unspecified atom stereocenters. The van der Waals surface area contributed by atoms with Crippen molar-refractivity contribution in [3.8, 4) is 5.75 Å². The second kappa shape index (κ2) is 5.60. The van der Waals surface area contributed by atoms with Gasteiger partial charge in [0.15, 0.2) is 5.75 Å². The SMILES string of the molecule is CC(C)(O)COc1c(Cl)c(Cl)c(Cl)c(Cl)c1Cl. The lowest BCUT2D eigenvalue weighted by atomic mass is 10.2. The van der Waals surface area contributed by atoms with Gasteiger partial charge in [-0.2, -0.15) is 0 Å². The van der Waals surface area contributed by atoms with Crippen LogP contribution in [0.1, 0.15) is 13.8 Å². The molecule has 0 atom stereocenters. The van der Waals surface area contributed by atoms with Gasteiger partial charge in [0, 0.05) is 0 Å². The Morgan fingerprint density at radius 3 is 1.59 bits per heavy atom. The van der Waals surface area contributed by atoms with Gasteiger partial charge in [-0.05, 0) is 13.8 Å². The number of benzene rings is 1. The minimum absolute atomic E-state index is 0.0132. The third-order valence-electron chi connectivity index (χ3n) is 1.74. The van der Waals surface area contributed by atoms with Crippen molar-refractivity contribution in [1.29, 1.82) is 0 Å². The summed E-state index contributed by atoms with van der Waals surface area (Å²) in [6, 6.07) is 0. The standard InChI is InChI=1S/C10H9Cl5O2/c1-10(2,16)3-17-9-7(14)5(12)4(11)6(13)8(9)15/h16H,3H2,1-2H3. The van der Waals surface area contributed by atoms with E-state index in [0.717, 1.165) is 0 Å². The van der Waals surface area contributed by atoms with E-state index < -0.39 is 5.60 Å². The highest BCUT2D eigenvalue weighted by Gasteiger charge is 2.22. The van der Waals surface area contributed by atoms with Crippen molar-refractivity contribution in [2.75, 3.05) is 6.61 Å². The van der Waals surface area contributed by atoms with E-state index in [0.29, 0.717) is 0 Å². The first-order chi connectivity index (χ1) is 7.65. The number of ether oxygens (including phenoxy) is 1. The molecule has 0 aliphatic heterocycles. The molecule has 0 saturated carbocycles. The minimum Gasteiger partial charge on any atom is -0.487 e. The van der Waals surface area contributed by atoms with Gasteiger partial charge in [-0.3, -0.25) is 0 Å². The van der Waals surface area contributed by atoms with E-state index in [1.54, 1.807) is 13.8 Å². The first kappa shape index (κ1) is 15.5. The third kappa shape index (κ3) is 3.69. The predicted octanol–water partition coefficient (Wildman–Crippen LogP) is 5.10. The second-order valence-corrected chi connectivity index (χ2v) is 5.89. The topological polar surface area (TPSA) is 29.5 Å². The molecule has 0 aromatic heterocycles. The zero-order valence-corrected chi connectivity index (χ0v) is 12.7. The molecule has 0 heterocycles. The highest BCUT2D eigenvalue weighted by Crippen LogP contribution is 2.48. The van der Waals surface area contributed by atoms with Gasteiger partial charge in [0.25, 0.3) is 0 Å². The van der Waals surface area contributed by atoms with Crippen LogP contribution >= 0.6 is 58.0 Å². The summed E-state index contributed by atoms with van der Waals surface area (Å²) >= 11 is 29.4. The van der Waals surface area contributed by atoms with Gasteiger partial charge in [0.2, 0.25) is 0 Å². The predicted molar refractivity (Wildman–Crippen MR) is 73.3 cm³/mol. The largest absolute Gasteiger partial charge is 0.487 e. The number of rotatable bonds is 3. The molecule has 1 aromatic rings. The fraction of sp³-hybridized carbons (Fsp3) is 0.400. The van der Waals surface area contributed by atoms with Crippen LogP contribution in [0.2, 0.25) is 25.1 Å². The van der Waals surface area contributed by atoms with Gasteiger partial charge in [0.05, 0.1) is 20.7 Å². The quantitative estimate of drug-likeness (QED) is 0.613. The Balaban J connectivity index is 3.16. The van der Waals surface area contributed by atoms with Crippen molar-refractivity contribution in [2.24, 2.45) is 0 Å². The van der Waals surface area contributed by atoms with Gasteiger partial charge in [-0.25, -0.2) is 0 Å². The van der Waals surface area contributed by atoms with Crippen molar-refractivity contribution in [3.63, 3.8) is 0 Å². The second-order valence-electron chi connectivity index (χ2n) is 4.00. The molecule has 0 aliphatic carbocycles. The van der Waals surface area contributed by atoms with Crippen LogP contribution < -0.4 is 4.74 Å². The van der Waals surface area contributed by atoms with Crippen molar-refractivity contribution in [1.82, 2.24) is 0 Å². The highest BCUT2D eigenvalue weighted by atomic mass is 35.5. The van der Waals surface area contributed by atoms with Gasteiger partial charge in [0.1, 0.15) is 16.7 Å². The summed E-state index contributed by atoms with van der Waals surface area (Å²) in [5.41, 5.74) is -1.04. The average Bonchev–Trinajstić information content (AvgIpc) is 2.22. The average molecular weight is 338 g/mol. The van der Waals surface area contributed by atoms with Crippen LogP contribution in [0.3, 0.4) is 0 Å². The lowest BCUT2D eigenvalue weighted by molar-refractivity contribution is 0.0286. The van der Waals surface area contributed by atoms with Crippen LogP contribution in [0.4, 0.5) is 0 Å². The lowest BCUT2D eigenvalue weighted by Crippen LogP contribution is -2.28. The van der Waals surface area contributed by atoms with Crippen molar-refractivity contribution in [3.05, 3.63) is 25.1 Å². The van der Waals surface area contributed by atoms with Crippen LogP contribution in [-0.4, -0.2) is 17.3 Å². The summed E-state index contributed by atoms with van der Waals surface area (Å²) in [6.45, 7) is 3.14. The number of halogens is 5. The fourth-order valence-electron chi connectivity index (χ4n) is 0.960. The summed E-state index contributed by atoms with van der Waals surface area (Å²) in [7, 11) is 0. The molecule has 0 fully saturated rings. The van der Waals surface area contributed by atoms with E-state index >= 15 is 0 Å². The number of aliphatic hydroxyl groups is 1. The van der Waals surface area contributed by atoms with E-state index in [1.807, 2.05) is 0 Å². The molecule has 7 heteroatoms. The van der Waals surface area contributed by atoms with E-state index in [-0.39, 0.29) is 37.5 Å². The highest BCUT2D eigenvalue weighted by molar-refractivity contribution is 6.55. The summed E-state index contributed by atoms with van der Waals surface area (Å²) < 4.78 is 5.31. The molecule has 1 N–H and O–H groups in total.